The van der Waals surface area contributed by atoms with Gasteiger partial charge in [-0.1, -0.05) is 12.1 Å². The fourth-order valence-corrected chi connectivity index (χ4v) is 2.20. The van der Waals surface area contributed by atoms with Crippen LogP contribution in [0.4, 0.5) is 4.79 Å². The molecule has 2 heterocycles. The Labute approximate surface area is 110 Å². The van der Waals surface area contributed by atoms with Gasteiger partial charge in [-0.25, -0.2) is 4.79 Å². The zero-order valence-electron chi connectivity index (χ0n) is 10.8. The van der Waals surface area contributed by atoms with Crippen molar-refractivity contribution in [2.24, 2.45) is 0 Å². The first-order valence-corrected chi connectivity index (χ1v) is 6.61. The fraction of sp³-hybridized carbons (Fsp3) is 0.667. The Morgan fingerprint density at radius 1 is 1.37 bits per heavy atom. The molecule has 1 saturated heterocycles. The number of rotatable bonds is 5. The van der Waals surface area contributed by atoms with Crippen LogP contribution in [0.1, 0.15) is 37.9 Å². The molecule has 1 aliphatic carbocycles. The van der Waals surface area contributed by atoms with E-state index in [0.717, 1.165) is 25.7 Å². The van der Waals surface area contributed by atoms with Crippen LogP contribution in [0.3, 0.4) is 0 Å². The number of hydrogen-bond donors (Lipinski definition) is 0. The van der Waals surface area contributed by atoms with Crippen LogP contribution in [-0.4, -0.2) is 44.5 Å². The van der Waals surface area contributed by atoms with Gasteiger partial charge in [0.1, 0.15) is 13.1 Å². The molecule has 0 atom stereocenters. The van der Waals surface area contributed by atoms with Crippen LogP contribution in [0.5, 0.6) is 0 Å². The molecular formula is C12H16N4O3. The monoisotopic (exact) mass is 264 g/mol. The predicted octanol–water partition coefficient (Wildman–Crippen LogP) is 0.949. The maximum atomic E-state index is 12.1. The molecule has 1 aliphatic heterocycles. The molecule has 1 aromatic rings. The lowest BCUT2D eigenvalue weighted by atomic mass is 10.3. The van der Waals surface area contributed by atoms with Crippen molar-refractivity contribution < 1.29 is 14.1 Å². The normalized spacial score (nSPS) is 19.6. The molecule has 3 amide bonds. The third-order valence-electron chi connectivity index (χ3n) is 3.35. The van der Waals surface area contributed by atoms with Crippen molar-refractivity contribution >= 4 is 11.9 Å². The van der Waals surface area contributed by atoms with Gasteiger partial charge in [0.25, 0.3) is 5.91 Å². The van der Waals surface area contributed by atoms with Gasteiger partial charge in [-0.05, 0) is 19.3 Å². The van der Waals surface area contributed by atoms with E-state index in [2.05, 4.69) is 10.1 Å². The van der Waals surface area contributed by atoms with Crippen LogP contribution < -0.4 is 0 Å². The highest BCUT2D eigenvalue weighted by molar-refractivity contribution is 6.02. The molecule has 1 aromatic heterocycles. The van der Waals surface area contributed by atoms with Gasteiger partial charge in [-0.2, -0.15) is 4.98 Å². The van der Waals surface area contributed by atoms with Crippen molar-refractivity contribution in [2.45, 2.75) is 45.2 Å². The summed E-state index contributed by atoms with van der Waals surface area (Å²) in [6, 6.07) is 0.0162. The zero-order chi connectivity index (χ0) is 13.4. The highest BCUT2D eigenvalue weighted by Gasteiger charge is 2.44. The summed E-state index contributed by atoms with van der Waals surface area (Å²) in [5.41, 5.74) is 0. The molecule has 19 heavy (non-hydrogen) atoms. The van der Waals surface area contributed by atoms with Crippen molar-refractivity contribution in [1.82, 2.24) is 19.9 Å². The molecule has 1 saturated carbocycles. The summed E-state index contributed by atoms with van der Waals surface area (Å²) in [5, 5.41) is 3.82. The summed E-state index contributed by atoms with van der Waals surface area (Å²) in [7, 11) is 0. The van der Waals surface area contributed by atoms with Gasteiger partial charge in [0, 0.05) is 12.5 Å². The lowest BCUT2D eigenvalue weighted by Gasteiger charge is -2.14. The van der Waals surface area contributed by atoms with Gasteiger partial charge in [-0.3, -0.25) is 9.69 Å². The molecule has 2 aliphatic rings. The van der Waals surface area contributed by atoms with E-state index >= 15 is 0 Å². The van der Waals surface area contributed by atoms with Crippen molar-refractivity contribution in [2.75, 3.05) is 6.54 Å². The number of aromatic nitrogens is 2. The van der Waals surface area contributed by atoms with Crippen molar-refractivity contribution in [1.29, 1.82) is 0 Å². The summed E-state index contributed by atoms with van der Waals surface area (Å²) < 4.78 is 5.06. The summed E-state index contributed by atoms with van der Waals surface area (Å²) in [5.74, 6) is 0.755. The number of aryl methyl sites for hydroxylation is 1. The molecular weight excluding hydrogens is 248 g/mol. The van der Waals surface area contributed by atoms with Gasteiger partial charge in [-0.15, -0.1) is 0 Å². The first-order chi connectivity index (χ1) is 9.19. The molecule has 102 valence electrons. The quantitative estimate of drug-likeness (QED) is 0.740. The summed E-state index contributed by atoms with van der Waals surface area (Å²) in [4.78, 5) is 30.9. The van der Waals surface area contributed by atoms with Crippen LogP contribution in [0.2, 0.25) is 0 Å². The maximum absolute atomic E-state index is 12.1. The topological polar surface area (TPSA) is 79.5 Å². The third-order valence-corrected chi connectivity index (χ3v) is 3.35. The molecule has 3 rings (SSSR count). The van der Waals surface area contributed by atoms with Crippen LogP contribution >= 0.6 is 0 Å². The minimum Gasteiger partial charge on any atom is -0.337 e. The Balaban J connectivity index is 1.68. The standard InChI is InChI=1S/C12H16N4O3/c1-2-3-9-13-10(19-14-9)6-16-11(17)7-15(12(16)18)8-4-5-8/h8H,2-7H2,1H3. The Morgan fingerprint density at radius 2 is 2.16 bits per heavy atom. The van der Waals surface area contributed by atoms with Gasteiger partial charge >= 0.3 is 6.03 Å². The highest BCUT2D eigenvalue weighted by atomic mass is 16.5. The number of amides is 3. The Bertz CT molecular complexity index is 509. The number of nitrogens with zero attached hydrogens (tertiary/aromatic N) is 4. The van der Waals surface area contributed by atoms with Crippen molar-refractivity contribution in [3.63, 3.8) is 0 Å². The molecule has 0 bridgehead atoms. The number of carbonyl (C=O) groups excluding carboxylic acids is 2. The van der Waals surface area contributed by atoms with Crippen LogP contribution in [0, 0.1) is 0 Å². The molecule has 0 unspecified atom stereocenters. The second-order valence-corrected chi connectivity index (χ2v) is 4.98. The second-order valence-electron chi connectivity index (χ2n) is 4.98. The Kier molecular flexibility index (Phi) is 2.96. The first kappa shape index (κ1) is 12.1. The lowest BCUT2D eigenvalue weighted by Crippen LogP contribution is -2.33. The van der Waals surface area contributed by atoms with Crippen molar-refractivity contribution in [3.8, 4) is 0 Å². The molecule has 0 aromatic carbocycles. The maximum Gasteiger partial charge on any atom is 0.327 e. The van der Waals surface area contributed by atoms with Gasteiger partial charge in [0.05, 0.1) is 0 Å². The first-order valence-electron chi connectivity index (χ1n) is 6.61. The lowest BCUT2D eigenvalue weighted by molar-refractivity contribution is -0.126. The number of carbonyl (C=O) groups is 2. The SMILES string of the molecule is CCCc1noc(CN2C(=O)CN(C3CC3)C2=O)n1. The van der Waals surface area contributed by atoms with E-state index in [4.69, 9.17) is 4.52 Å². The van der Waals surface area contributed by atoms with E-state index in [1.807, 2.05) is 6.92 Å². The van der Waals surface area contributed by atoms with Gasteiger partial charge < -0.3 is 9.42 Å². The molecule has 0 N–H and O–H groups in total. The number of imide groups is 1. The van der Waals surface area contributed by atoms with Gasteiger partial charge in [0.15, 0.2) is 5.82 Å². The summed E-state index contributed by atoms with van der Waals surface area (Å²) in [6.45, 7) is 2.29. The summed E-state index contributed by atoms with van der Waals surface area (Å²) >= 11 is 0. The Hall–Kier alpha value is -1.92. The predicted molar refractivity (Wildman–Crippen MR) is 64.0 cm³/mol. The van der Waals surface area contributed by atoms with Gasteiger partial charge in [0.2, 0.25) is 5.89 Å². The zero-order valence-corrected chi connectivity index (χ0v) is 10.8. The third kappa shape index (κ3) is 2.32. The largest absolute Gasteiger partial charge is 0.337 e. The average molecular weight is 264 g/mol. The second kappa shape index (κ2) is 4.64. The van der Waals surface area contributed by atoms with E-state index in [1.54, 1.807) is 4.90 Å². The smallest absolute Gasteiger partial charge is 0.327 e. The molecule has 2 fully saturated rings. The van der Waals surface area contributed by atoms with E-state index in [1.165, 1.54) is 4.90 Å². The van der Waals surface area contributed by atoms with Crippen LogP contribution in [0.15, 0.2) is 4.52 Å². The molecule has 7 nitrogen and oxygen atoms in total. The minimum atomic E-state index is -0.234. The van der Waals surface area contributed by atoms with Crippen LogP contribution in [-0.2, 0) is 17.8 Å². The van der Waals surface area contributed by atoms with E-state index < -0.39 is 0 Å². The fourth-order valence-electron chi connectivity index (χ4n) is 2.20. The number of hydrogen-bond acceptors (Lipinski definition) is 5. The van der Waals surface area contributed by atoms with Crippen molar-refractivity contribution in [3.05, 3.63) is 11.7 Å². The molecule has 0 spiro atoms. The Morgan fingerprint density at radius 3 is 2.84 bits per heavy atom. The van der Waals surface area contributed by atoms with E-state index in [-0.39, 0.29) is 31.1 Å². The minimum absolute atomic E-state index is 0.0810. The number of urea groups is 1. The van der Waals surface area contributed by atoms with E-state index in [9.17, 15) is 9.59 Å². The van der Waals surface area contributed by atoms with Crippen LogP contribution in [0.25, 0.3) is 0 Å². The average Bonchev–Trinajstić information content (AvgIpc) is 3.08. The molecule has 0 radical (unpaired) electrons. The molecule has 7 heteroatoms. The van der Waals surface area contributed by atoms with E-state index in [0.29, 0.717) is 11.7 Å². The summed E-state index contributed by atoms with van der Waals surface area (Å²) in [6.07, 6.45) is 3.65. The highest BCUT2D eigenvalue weighted by Crippen LogP contribution is 2.30.